The largest absolute Gasteiger partial charge is 0.420 e. The van der Waals surface area contributed by atoms with E-state index < -0.39 is 52.8 Å². The van der Waals surface area contributed by atoms with Crippen LogP contribution in [0.2, 0.25) is 0 Å². The van der Waals surface area contributed by atoms with E-state index in [1.807, 2.05) is 54.6 Å². The fourth-order valence-corrected chi connectivity index (χ4v) is 5.22. The predicted octanol–water partition coefficient (Wildman–Crippen LogP) is 6.79. The molecule has 0 fully saturated rings. The zero-order chi connectivity index (χ0) is 38.4. The number of benzene rings is 4. The number of halogens is 5. The number of ether oxygens (including phenoxy) is 8. The molecule has 14 heteroatoms. The molecule has 0 radical (unpaired) electrons. The Morgan fingerprint density at radius 2 is 0.704 bits per heavy atom. The van der Waals surface area contributed by atoms with E-state index in [1.165, 1.54) is 0 Å². The van der Waals surface area contributed by atoms with Crippen molar-refractivity contribution in [3.63, 3.8) is 0 Å². The first-order valence-electron chi connectivity index (χ1n) is 17.3. The second kappa shape index (κ2) is 23.5. The smallest absolute Gasteiger partial charge is 0.313 e. The van der Waals surface area contributed by atoms with E-state index in [1.54, 1.807) is 0 Å². The molecule has 0 aliphatic heterocycles. The lowest BCUT2D eigenvalue weighted by Gasteiger charge is -2.36. The number of esters is 1. The molecule has 4 aromatic rings. The van der Waals surface area contributed by atoms with Gasteiger partial charge in [-0.1, -0.05) is 91.0 Å². The molecule has 0 aromatic heterocycles. The number of hydrogen-bond acceptors (Lipinski definition) is 9. The summed E-state index contributed by atoms with van der Waals surface area (Å²) in [6.07, 6.45) is -0.488. The molecular weight excluding hydrogens is 719 g/mol. The summed E-state index contributed by atoms with van der Waals surface area (Å²) < 4.78 is 110. The van der Waals surface area contributed by atoms with E-state index in [9.17, 15) is 26.7 Å². The van der Waals surface area contributed by atoms with Gasteiger partial charge < -0.3 is 37.9 Å². The lowest BCUT2D eigenvalue weighted by atomic mass is 9.80. The van der Waals surface area contributed by atoms with Crippen LogP contribution in [0.15, 0.2) is 91.0 Å². The molecule has 0 bridgehead atoms. The summed E-state index contributed by atoms with van der Waals surface area (Å²) in [6, 6.07) is 30.5. The summed E-state index contributed by atoms with van der Waals surface area (Å²) in [7, 11) is 0. The van der Waals surface area contributed by atoms with Crippen LogP contribution in [0.5, 0.6) is 5.75 Å². The zero-order valence-electron chi connectivity index (χ0n) is 29.6. The molecule has 9 nitrogen and oxygen atoms in total. The van der Waals surface area contributed by atoms with E-state index in [0.29, 0.717) is 59.5 Å². The Hall–Kier alpha value is -4.28. The molecule has 0 unspecified atom stereocenters. The minimum absolute atomic E-state index is 0.0786. The van der Waals surface area contributed by atoms with Gasteiger partial charge in [0.2, 0.25) is 34.8 Å². The first-order chi connectivity index (χ1) is 26.4. The van der Waals surface area contributed by atoms with Crippen molar-refractivity contribution < 1.29 is 64.6 Å². The Bertz CT molecular complexity index is 1540. The second-order valence-corrected chi connectivity index (χ2v) is 11.4. The van der Waals surface area contributed by atoms with Crippen LogP contribution in [0.3, 0.4) is 0 Å². The second-order valence-electron chi connectivity index (χ2n) is 11.4. The Labute approximate surface area is 310 Å². The van der Waals surface area contributed by atoms with Crippen LogP contribution < -0.4 is 4.74 Å². The minimum atomic E-state index is -2.35. The van der Waals surface area contributed by atoms with Crippen molar-refractivity contribution in [2.75, 3.05) is 85.9 Å². The van der Waals surface area contributed by atoms with E-state index in [2.05, 4.69) is 41.1 Å². The van der Waals surface area contributed by atoms with Gasteiger partial charge in [-0.15, -0.1) is 0 Å². The molecule has 54 heavy (non-hydrogen) atoms. The summed E-state index contributed by atoms with van der Waals surface area (Å²) in [5.41, 5.74) is 2.29. The van der Waals surface area contributed by atoms with Gasteiger partial charge in [0.1, 0.15) is 5.60 Å². The number of rotatable bonds is 26. The van der Waals surface area contributed by atoms with Crippen molar-refractivity contribution >= 4 is 5.97 Å². The van der Waals surface area contributed by atoms with E-state index >= 15 is 0 Å². The van der Waals surface area contributed by atoms with Crippen LogP contribution in [0.1, 0.15) is 23.1 Å². The van der Waals surface area contributed by atoms with Crippen molar-refractivity contribution in [2.45, 2.75) is 12.0 Å². The molecule has 4 aromatic carbocycles. The third-order valence-electron chi connectivity index (χ3n) is 7.78. The summed E-state index contributed by atoms with van der Waals surface area (Å²) >= 11 is 0. The average Bonchev–Trinajstić information content (AvgIpc) is 3.21. The number of carbonyl (C=O) groups is 1. The standard InChI is InChI=1S/C40H43F5O9/c41-34-35(42)37(44)39(38(45)36(34)43)54-33(46)16-17-47-18-19-48-20-21-49-22-23-50-24-25-51-26-27-52-28-29-53-40(30-10-4-1-5-11-30,31-12-6-2-7-13-31)32-14-8-3-9-15-32/h1-15H,16-29H2. The van der Waals surface area contributed by atoms with Crippen LogP contribution in [0, 0.1) is 29.1 Å². The maximum atomic E-state index is 13.6. The van der Waals surface area contributed by atoms with Gasteiger partial charge in [0.15, 0.2) is 0 Å². The quantitative estimate of drug-likeness (QED) is 0.0131. The molecule has 0 amide bonds. The van der Waals surface area contributed by atoms with Gasteiger partial charge in [-0.25, -0.2) is 13.2 Å². The van der Waals surface area contributed by atoms with Crippen LogP contribution in [0.25, 0.3) is 0 Å². The van der Waals surface area contributed by atoms with Gasteiger partial charge >= 0.3 is 5.97 Å². The Balaban J connectivity index is 0.967. The monoisotopic (exact) mass is 762 g/mol. The highest BCUT2D eigenvalue weighted by Gasteiger charge is 2.37. The van der Waals surface area contributed by atoms with E-state index in [-0.39, 0.29) is 26.4 Å². The molecule has 0 aliphatic rings. The normalized spacial score (nSPS) is 11.6. The third-order valence-corrected chi connectivity index (χ3v) is 7.78. The average molecular weight is 763 g/mol. The lowest BCUT2D eigenvalue weighted by Crippen LogP contribution is -2.34. The summed E-state index contributed by atoms with van der Waals surface area (Å²) in [5.74, 6) is -14.1. The summed E-state index contributed by atoms with van der Waals surface area (Å²) in [5, 5.41) is 0. The maximum absolute atomic E-state index is 13.6. The Morgan fingerprint density at radius 1 is 0.407 bits per heavy atom. The molecule has 0 saturated heterocycles. The van der Waals surface area contributed by atoms with Gasteiger partial charge in [0, 0.05) is 0 Å². The fraction of sp³-hybridized carbons (Fsp3) is 0.375. The van der Waals surface area contributed by atoms with Crippen LogP contribution in [0.4, 0.5) is 22.0 Å². The van der Waals surface area contributed by atoms with Crippen molar-refractivity contribution in [3.05, 3.63) is 137 Å². The zero-order valence-corrected chi connectivity index (χ0v) is 29.6. The number of hydrogen-bond donors (Lipinski definition) is 0. The maximum Gasteiger partial charge on any atom is 0.313 e. The van der Waals surface area contributed by atoms with Gasteiger partial charge in [0.05, 0.1) is 92.3 Å². The lowest BCUT2D eigenvalue weighted by molar-refractivity contribution is -0.136. The van der Waals surface area contributed by atoms with Gasteiger partial charge in [-0.2, -0.15) is 8.78 Å². The van der Waals surface area contributed by atoms with Crippen LogP contribution in [-0.2, 0) is 43.6 Å². The number of carbonyl (C=O) groups excluding carboxylic acids is 1. The molecule has 0 atom stereocenters. The molecule has 0 aliphatic carbocycles. The molecule has 0 saturated carbocycles. The SMILES string of the molecule is O=C(CCOCCOCCOCCOCCOCCOCCOC(c1ccccc1)(c1ccccc1)c1ccccc1)Oc1c(F)c(F)c(F)c(F)c1F. The molecule has 292 valence electrons. The molecular formula is C40H43F5O9. The highest BCUT2D eigenvalue weighted by Crippen LogP contribution is 2.40. The van der Waals surface area contributed by atoms with Gasteiger partial charge in [-0.05, 0) is 16.7 Å². The Kier molecular flexibility index (Phi) is 18.5. The minimum Gasteiger partial charge on any atom is -0.420 e. The predicted molar refractivity (Wildman–Crippen MR) is 187 cm³/mol. The van der Waals surface area contributed by atoms with Gasteiger partial charge in [0.25, 0.3) is 0 Å². The van der Waals surface area contributed by atoms with Crippen molar-refractivity contribution in [3.8, 4) is 5.75 Å². The van der Waals surface area contributed by atoms with Crippen LogP contribution in [-0.4, -0.2) is 91.9 Å². The van der Waals surface area contributed by atoms with E-state index in [4.69, 9.17) is 33.2 Å². The molecule has 4 rings (SSSR count). The van der Waals surface area contributed by atoms with Crippen molar-refractivity contribution in [1.29, 1.82) is 0 Å². The topological polar surface area (TPSA) is 90.9 Å². The molecule has 0 spiro atoms. The Morgan fingerprint density at radius 3 is 1.06 bits per heavy atom. The van der Waals surface area contributed by atoms with Gasteiger partial charge in [-0.3, -0.25) is 4.79 Å². The van der Waals surface area contributed by atoms with Crippen molar-refractivity contribution in [2.24, 2.45) is 0 Å². The first kappa shape index (κ1) is 42.5. The fourth-order valence-electron chi connectivity index (χ4n) is 5.22. The molecule has 0 heterocycles. The van der Waals surface area contributed by atoms with Crippen molar-refractivity contribution in [1.82, 2.24) is 0 Å². The van der Waals surface area contributed by atoms with Crippen LogP contribution >= 0.6 is 0 Å². The highest BCUT2D eigenvalue weighted by molar-refractivity contribution is 5.72. The first-order valence-corrected chi connectivity index (χ1v) is 17.3. The third kappa shape index (κ3) is 12.7. The highest BCUT2D eigenvalue weighted by atomic mass is 19.2. The molecule has 0 N–H and O–H groups in total. The summed E-state index contributed by atoms with van der Waals surface area (Å²) in [6.45, 7) is 3.67. The van der Waals surface area contributed by atoms with E-state index in [0.717, 1.165) is 16.7 Å². The summed E-state index contributed by atoms with van der Waals surface area (Å²) in [4.78, 5) is 11.7.